The second-order valence-electron chi connectivity index (χ2n) is 2.28. The molecule has 0 atom stereocenters. The smallest absolute Gasteiger partial charge is 0.469 e. The Morgan fingerprint density at radius 1 is 1.56 bits per heavy atom. The molecule has 0 bridgehead atoms. The molecule has 1 rings (SSSR count). The standard InChI is InChI=1S/C6H11N2.Rh/c1-5(2)6-7-3-4-8-6;/h5H,3-4H2,1-2H3;/q-1;+2. The molecule has 1 aliphatic rings. The van der Waals surface area contributed by atoms with Crippen LogP contribution in [0.2, 0.25) is 0 Å². The molecule has 0 fully saturated rings. The van der Waals surface area contributed by atoms with Gasteiger partial charge in [-0.3, -0.25) is 0 Å². The van der Waals surface area contributed by atoms with Crippen LogP contribution < -0.4 is 0 Å². The average molecular weight is 214 g/mol. The van der Waals surface area contributed by atoms with E-state index in [1.165, 1.54) is 0 Å². The van der Waals surface area contributed by atoms with E-state index in [1.54, 1.807) is 0 Å². The van der Waals surface area contributed by atoms with Crippen LogP contribution in [0.3, 0.4) is 0 Å². The third kappa shape index (κ3) is 2.44. The molecule has 2 nitrogen and oxygen atoms in total. The van der Waals surface area contributed by atoms with Gasteiger partial charge in [-0.25, -0.2) is 0 Å². The first-order valence-corrected chi connectivity index (χ1v) is 3.02. The predicted octanol–water partition coefficient (Wildman–Crippen LogP) is 1.43. The molecular weight excluding hydrogens is 203 g/mol. The van der Waals surface area contributed by atoms with Crippen molar-refractivity contribution in [2.24, 2.45) is 10.9 Å². The summed E-state index contributed by atoms with van der Waals surface area (Å²) in [4.78, 5) is 4.19. The van der Waals surface area contributed by atoms with E-state index in [0.717, 1.165) is 18.9 Å². The summed E-state index contributed by atoms with van der Waals surface area (Å²) in [5.74, 6) is 1.57. The van der Waals surface area contributed by atoms with Crippen LogP contribution >= 0.6 is 0 Å². The molecule has 0 aliphatic carbocycles. The third-order valence-electron chi connectivity index (χ3n) is 1.16. The van der Waals surface area contributed by atoms with Gasteiger partial charge in [0.2, 0.25) is 0 Å². The molecule has 0 saturated carbocycles. The summed E-state index contributed by atoms with van der Waals surface area (Å²) in [7, 11) is 0. The Morgan fingerprint density at radius 2 is 2.22 bits per heavy atom. The zero-order chi connectivity index (χ0) is 5.98. The minimum Gasteiger partial charge on any atom is -0.469 e. The summed E-state index contributed by atoms with van der Waals surface area (Å²) in [5, 5.41) is 4.19. The Labute approximate surface area is 68.9 Å². The van der Waals surface area contributed by atoms with Gasteiger partial charge in [-0.15, -0.1) is 0 Å². The second kappa shape index (κ2) is 4.00. The van der Waals surface area contributed by atoms with Crippen molar-refractivity contribution in [3.63, 3.8) is 0 Å². The molecule has 1 aliphatic heterocycles. The summed E-state index contributed by atoms with van der Waals surface area (Å²) in [6.07, 6.45) is 0. The molecule has 0 aromatic carbocycles. The fourth-order valence-electron chi connectivity index (χ4n) is 0.744. The van der Waals surface area contributed by atoms with Crippen molar-refractivity contribution in [3.05, 3.63) is 5.32 Å². The Balaban J connectivity index is 0.000000640. The maximum absolute atomic E-state index is 4.19. The topological polar surface area (TPSA) is 26.5 Å². The number of rotatable bonds is 1. The molecule has 0 N–H and O–H groups in total. The minimum absolute atomic E-state index is 0. The maximum Gasteiger partial charge on any atom is 2.00 e. The van der Waals surface area contributed by atoms with Crippen molar-refractivity contribution in [1.82, 2.24) is 0 Å². The molecule has 0 aromatic rings. The third-order valence-corrected chi connectivity index (χ3v) is 1.16. The predicted molar refractivity (Wildman–Crippen MR) is 35.4 cm³/mol. The number of aliphatic imine (C=N–C) groups is 1. The van der Waals surface area contributed by atoms with E-state index in [-0.39, 0.29) is 19.5 Å². The van der Waals surface area contributed by atoms with E-state index in [4.69, 9.17) is 0 Å². The summed E-state index contributed by atoms with van der Waals surface area (Å²) in [6.45, 7) is 6.06. The molecule has 0 saturated heterocycles. The van der Waals surface area contributed by atoms with Crippen LogP contribution in [0.4, 0.5) is 0 Å². The fraction of sp³-hybridized carbons (Fsp3) is 0.833. The van der Waals surface area contributed by atoms with Gasteiger partial charge < -0.3 is 10.3 Å². The Morgan fingerprint density at radius 3 is 2.44 bits per heavy atom. The minimum atomic E-state index is 0. The summed E-state index contributed by atoms with van der Waals surface area (Å²) in [5.41, 5.74) is 0. The van der Waals surface area contributed by atoms with E-state index in [1.807, 2.05) is 0 Å². The monoisotopic (exact) mass is 214 g/mol. The van der Waals surface area contributed by atoms with Crippen LogP contribution in [-0.4, -0.2) is 18.9 Å². The van der Waals surface area contributed by atoms with E-state index in [2.05, 4.69) is 24.2 Å². The zero-order valence-corrected chi connectivity index (χ0v) is 7.36. The van der Waals surface area contributed by atoms with E-state index >= 15 is 0 Å². The average Bonchev–Trinajstić information content (AvgIpc) is 2.12. The van der Waals surface area contributed by atoms with Crippen LogP contribution in [0.5, 0.6) is 0 Å². The molecule has 1 radical (unpaired) electrons. The van der Waals surface area contributed by atoms with Gasteiger partial charge in [-0.2, -0.15) is 0 Å². The van der Waals surface area contributed by atoms with Crippen LogP contribution in [0, 0.1) is 5.92 Å². The summed E-state index contributed by atoms with van der Waals surface area (Å²) in [6, 6.07) is 0. The van der Waals surface area contributed by atoms with Crippen molar-refractivity contribution < 1.29 is 19.5 Å². The van der Waals surface area contributed by atoms with Gasteiger partial charge in [0.25, 0.3) is 0 Å². The molecular formula is C6H11N2Rh+. The zero-order valence-electron chi connectivity index (χ0n) is 5.72. The van der Waals surface area contributed by atoms with E-state index < -0.39 is 0 Å². The van der Waals surface area contributed by atoms with Crippen molar-refractivity contribution in [3.8, 4) is 0 Å². The van der Waals surface area contributed by atoms with Crippen LogP contribution in [-0.2, 0) is 19.5 Å². The maximum atomic E-state index is 4.19. The summed E-state index contributed by atoms with van der Waals surface area (Å²) >= 11 is 0. The van der Waals surface area contributed by atoms with Crippen molar-refractivity contribution in [2.75, 3.05) is 13.1 Å². The molecule has 0 unspecified atom stereocenters. The Kier molecular flexibility index (Phi) is 4.04. The summed E-state index contributed by atoms with van der Waals surface area (Å²) < 4.78 is 0. The number of nitrogens with zero attached hydrogens (tertiary/aromatic N) is 2. The van der Waals surface area contributed by atoms with Crippen molar-refractivity contribution in [1.29, 1.82) is 0 Å². The molecule has 0 amide bonds. The Hall–Kier alpha value is 0.0934. The van der Waals surface area contributed by atoms with Gasteiger partial charge in [0.15, 0.2) is 0 Å². The SMILES string of the molecule is CC(C)C1=NCC[N-]1.[Rh+2]. The number of amidine groups is 1. The molecule has 1 heterocycles. The number of hydrogen-bond acceptors (Lipinski definition) is 1. The Bertz CT molecular complexity index is 110. The van der Waals surface area contributed by atoms with E-state index in [0.29, 0.717) is 5.92 Å². The van der Waals surface area contributed by atoms with Gasteiger partial charge in [0.05, 0.1) is 0 Å². The van der Waals surface area contributed by atoms with E-state index in [9.17, 15) is 0 Å². The number of hydrogen-bond donors (Lipinski definition) is 0. The second-order valence-corrected chi connectivity index (χ2v) is 2.28. The molecule has 9 heavy (non-hydrogen) atoms. The molecule has 53 valence electrons. The van der Waals surface area contributed by atoms with Crippen molar-refractivity contribution >= 4 is 5.84 Å². The van der Waals surface area contributed by atoms with Gasteiger partial charge in [-0.1, -0.05) is 32.8 Å². The first kappa shape index (κ1) is 9.09. The van der Waals surface area contributed by atoms with Gasteiger partial charge in [0.1, 0.15) is 0 Å². The largest absolute Gasteiger partial charge is 2.00 e. The van der Waals surface area contributed by atoms with Crippen molar-refractivity contribution in [2.45, 2.75) is 13.8 Å². The normalized spacial score (nSPS) is 16.6. The first-order valence-electron chi connectivity index (χ1n) is 3.02. The molecule has 0 spiro atoms. The van der Waals surface area contributed by atoms with Gasteiger partial charge in [0, 0.05) is 0 Å². The van der Waals surface area contributed by atoms with Gasteiger partial charge >= 0.3 is 19.5 Å². The van der Waals surface area contributed by atoms with Crippen LogP contribution in [0.25, 0.3) is 5.32 Å². The molecule has 0 aromatic heterocycles. The van der Waals surface area contributed by atoms with Gasteiger partial charge in [-0.05, 0) is 5.92 Å². The quantitative estimate of drug-likeness (QED) is 0.590. The molecule has 3 heteroatoms. The van der Waals surface area contributed by atoms with Crippen LogP contribution in [0.1, 0.15) is 13.8 Å². The fourth-order valence-corrected chi connectivity index (χ4v) is 0.744. The van der Waals surface area contributed by atoms with Crippen LogP contribution in [0.15, 0.2) is 4.99 Å². The first-order chi connectivity index (χ1) is 3.80.